The van der Waals surface area contributed by atoms with E-state index in [9.17, 15) is 18.5 Å². The van der Waals surface area contributed by atoms with Crippen LogP contribution in [0.15, 0.2) is 29.2 Å². The molecule has 1 amide bonds. The minimum atomic E-state index is -3.22. The number of rotatable bonds is 6. The molecule has 1 aromatic carbocycles. The topological polar surface area (TPSA) is 90.3 Å². The highest BCUT2D eigenvalue weighted by atomic mass is 32.2. The Bertz CT molecular complexity index is 775. The van der Waals surface area contributed by atoms with Crippen molar-refractivity contribution >= 4 is 15.7 Å². The summed E-state index contributed by atoms with van der Waals surface area (Å²) in [7, 11) is -1.38. The summed E-state index contributed by atoms with van der Waals surface area (Å²) in [4.78, 5) is 14.6. The molecule has 0 saturated heterocycles. The zero-order valence-electron chi connectivity index (χ0n) is 15.7. The lowest BCUT2D eigenvalue weighted by Crippen LogP contribution is -2.51. The number of carbonyl (C=O) groups is 1. The van der Waals surface area contributed by atoms with Crippen LogP contribution in [-0.2, 0) is 14.6 Å². The van der Waals surface area contributed by atoms with Gasteiger partial charge in [-0.25, -0.2) is 8.42 Å². The second kappa shape index (κ2) is 8.19. The minimum absolute atomic E-state index is 0.0567. The zero-order chi connectivity index (χ0) is 19.4. The highest BCUT2D eigenvalue weighted by Crippen LogP contribution is 2.27. The zero-order valence-corrected chi connectivity index (χ0v) is 16.5. The number of nitriles is 1. The number of hydrogen-bond acceptors (Lipinski definition) is 5. The molecular formula is C19H27N3O3S. The molecule has 0 unspecified atom stereocenters. The van der Waals surface area contributed by atoms with E-state index >= 15 is 0 Å². The molecule has 7 heteroatoms. The molecule has 0 radical (unpaired) electrons. The van der Waals surface area contributed by atoms with Crippen LogP contribution >= 0.6 is 0 Å². The van der Waals surface area contributed by atoms with Crippen molar-refractivity contribution in [1.29, 1.82) is 5.26 Å². The number of likely N-dealkylation sites (N-methyl/N-ethyl adjacent to an activating group) is 1. The van der Waals surface area contributed by atoms with Gasteiger partial charge in [0.2, 0.25) is 5.91 Å². The number of amides is 1. The maximum atomic E-state index is 12.4. The lowest BCUT2D eigenvalue weighted by molar-refractivity contribution is -0.124. The van der Waals surface area contributed by atoms with Crippen LogP contribution < -0.4 is 5.32 Å². The second-order valence-corrected chi connectivity index (χ2v) is 9.25. The number of benzene rings is 1. The Morgan fingerprint density at radius 1 is 1.27 bits per heavy atom. The molecule has 2 rings (SSSR count). The highest BCUT2D eigenvalue weighted by Gasteiger charge is 2.33. The lowest BCUT2D eigenvalue weighted by Gasteiger charge is -2.33. The van der Waals surface area contributed by atoms with Crippen molar-refractivity contribution in [2.45, 2.75) is 55.5 Å². The molecule has 142 valence electrons. The smallest absolute Gasteiger partial charge is 0.235 e. The summed E-state index contributed by atoms with van der Waals surface area (Å²) < 4.78 is 23.1. The van der Waals surface area contributed by atoms with Crippen molar-refractivity contribution in [3.05, 3.63) is 29.8 Å². The molecule has 1 aliphatic carbocycles. The van der Waals surface area contributed by atoms with Gasteiger partial charge in [-0.3, -0.25) is 9.69 Å². The van der Waals surface area contributed by atoms with E-state index in [1.165, 1.54) is 6.26 Å². The van der Waals surface area contributed by atoms with E-state index in [0.717, 1.165) is 24.8 Å². The van der Waals surface area contributed by atoms with Crippen LogP contribution in [0, 0.1) is 11.3 Å². The van der Waals surface area contributed by atoms with Crippen LogP contribution in [0.25, 0.3) is 0 Å². The quantitative estimate of drug-likeness (QED) is 0.822. The summed E-state index contributed by atoms with van der Waals surface area (Å²) in [6.45, 7) is 2.14. The van der Waals surface area contributed by atoms with Gasteiger partial charge in [0.1, 0.15) is 5.54 Å². The molecular weight excluding hydrogens is 350 g/mol. The molecule has 1 atom stereocenters. The normalized spacial score (nSPS) is 18.1. The van der Waals surface area contributed by atoms with Gasteiger partial charge >= 0.3 is 0 Å². The summed E-state index contributed by atoms with van der Waals surface area (Å²) >= 11 is 0. The second-order valence-electron chi connectivity index (χ2n) is 7.24. The van der Waals surface area contributed by atoms with E-state index in [1.807, 2.05) is 18.9 Å². The van der Waals surface area contributed by atoms with Crippen LogP contribution in [0.5, 0.6) is 0 Å². The molecule has 0 aliphatic heterocycles. The monoisotopic (exact) mass is 377 g/mol. The summed E-state index contributed by atoms with van der Waals surface area (Å²) in [6, 6.07) is 8.95. The van der Waals surface area contributed by atoms with Crippen molar-refractivity contribution in [2.75, 3.05) is 19.8 Å². The summed E-state index contributed by atoms with van der Waals surface area (Å²) in [5.74, 6) is -0.157. The van der Waals surface area contributed by atoms with Crippen molar-refractivity contribution in [1.82, 2.24) is 10.2 Å². The number of nitrogens with one attached hydrogen (secondary N) is 1. The molecule has 0 spiro atoms. The van der Waals surface area contributed by atoms with Crippen molar-refractivity contribution in [3.63, 3.8) is 0 Å². The minimum Gasteiger partial charge on any atom is -0.337 e. The van der Waals surface area contributed by atoms with E-state index in [4.69, 9.17) is 0 Å². The molecule has 0 aromatic heterocycles. The van der Waals surface area contributed by atoms with Crippen LogP contribution in [-0.4, -0.2) is 44.6 Å². The van der Waals surface area contributed by atoms with Crippen molar-refractivity contribution in [2.24, 2.45) is 0 Å². The van der Waals surface area contributed by atoms with Gasteiger partial charge in [0.25, 0.3) is 0 Å². The average Bonchev–Trinajstić information content (AvgIpc) is 2.61. The van der Waals surface area contributed by atoms with Crippen LogP contribution in [0.4, 0.5) is 0 Å². The third-order valence-electron chi connectivity index (χ3n) is 5.14. The van der Waals surface area contributed by atoms with E-state index in [-0.39, 0.29) is 23.4 Å². The summed E-state index contributed by atoms with van der Waals surface area (Å²) in [6.07, 6.45) is 5.64. The molecule has 1 N–H and O–H groups in total. The molecule has 1 aromatic rings. The predicted molar refractivity (Wildman–Crippen MR) is 100 cm³/mol. The Kier molecular flexibility index (Phi) is 6.43. The van der Waals surface area contributed by atoms with Gasteiger partial charge in [0.05, 0.1) is 17.5 Å². The van der Waals surface area contributed by atoms with Crippen LogP contribution in [0.2, 0.25) is 0 Å². The van der Waals surface area contributed by atoms with Gasteiger partial charge in [-0.05, 0) is 44.5 Å². The molecule has 1 fully saturated rings. The van der Waals surface area contributed by atoms with Gasteiger partial charge < -0.3 is 5.32 Å². The number of sulfone groups is 1. The highest BCUT2D eigenvalue weighted by molar-refractivity contribution is 7.90. The Morgan fingerprint density at radius 2 is 1.85 bits per heavy atom. The van der Waals surface area contributed by atoms with Crippen molar-refractivity contribution in [3.8, 4) is 6.07 Å². The third-order valence-corrected chi connectivity index (χ3v) is 6.27. The molecule has 1 saturated carbocycles. The fourth-order valence-electron chi connectivity index (χ4n) is 3.34. The Labute approximate surface area is 156 Å². The molecule has 0 bridgehead atoms. The summed E-state index contributed by atoms with van der Waals surface area (Å²) in [5, 5.41) is 12.4. The van der Waals surface area contributed by atoms with Crippen LogP contribution in [0.3, 0.4) is 0 Å². The fourth-order valence-corrected chi connectivity index (χ4v) is 3.97. The van der Waals surface area contributed by atoms with E-state index in [2.05, 4.69) is 11.4 Å². The Balaban J connectivity index is 1.99. The number of hydrogen-bond donors (Lipinski definition) is 1. The van der Waals surface area contributed by atoms with Gasteiger partial charge in [0, 0.05) is 12.3 Å². The molecule has 1 aliphatic rings. The maximum Gasteiger partial charge on any atom is 0.235 e. The Morgan fingerprint density at radius 3 is 2.35 bits per heavy atom. The predicted octanol–water partition coefficient (Wildman–Crippen LogP) is 2.43. The van der Waals surface area contributed by atoms with Gasteiger partial charge in [0.15, 0.2) is 9.84 Å². The van der Waals surface area contributed by atoms with Gasteiger partial charge in [-0.15, -0.1) is 0 Å². The van der Waals surface area contributed by atoms with E-state index in [1.54, 1.807) is 24.3 Å². The SMILES string of the molecule is C[C@H](c1ccc(S(C)(=O)=O)cc1)N(C)CC(=O)NC1(C#N)CCCCC1. The van der Waals surface area contributed by atoms with E-state index < -0.39 is 15.4 Å². The van der Waals surface area contributed by atoms with Crippen LogP contribution in [0.1, 0.15) is 50.6 Å². The number of nitrogens with zero attached hydrogens (tertiary/aromatic N) is 2. The first kappa shape index (κ1) is 20.4. The molecule has 0 heterocycles. The molecule has 26 heavy (non-hydrogen) atoms. The lowest BCUT2D eigenvalue weighted by atomic mass is 9.83. The Hall–Kier alpha value is -1.91. The third kappa shape index (κ3) is 5.05. The van der Waals surface area contributed by atoms with Crippen molar-refractivity contribution < 1.29 is 13.2 Å². The summed E-state index contributed by atoms with van der Waals surface area (Å²) in [5.41, 5.74) is 0.205. The largest absolute Gasteiger partial charge is 0.337 e. The van der Waals surface area contributed by atoms with Gasteiger partial charge in [-0.2, -0.15) is 5.26 Å². The maximum absolute atomic E-state index is 12.4. The van der Waals surface area contributed by atoms with Gasteiger partial charge in [-0.1, -0.05) is 31.4 Å². The first-order valence-corrected chi connectivity index (χ1v) is 10.8. The molecule has 6 nitrogen and oxygen atoms in total. The fraction of sp³-hybridized carbons (Fsp3) is 0.579. The number of carbonyl (C=O) groups excluding carboxylic acids is 1. The first-order chi connectivity index (χ1) is 12.2. The standard InChI is InChI=1S/C19H27N3O3S/c1-15(16-7-9-17(10-8-16)26(3,24)25)22(2)13-18(23)21-19(14-20)11-5-4-6-12-19/h7-10,15H,4-6,11-13H2,1-3H3,(H,21,23)/t15-/m1/s1. The average molecular weight is 378 g/mol. The van der Waals surface area contributed by atoms with E-state index in [0.29, 0.717) is 12.8 Å². The first-order valence-electron chi connectivity index (χ1n) is 8.89.